The zero-order valence-corrected chi connectivity index (χ0v) is 14.3. The third-order valence-corrected chi connectivity index (χ3v) is 4.69. The molecule has 1 fully saturated rings. The number of rotatable bonds is 6. The van der Waals surface area contributed by atoms with Gasteiger partial charge >= 0.3 is 0 Å². The van der Waals surface area contributed by atoms with E-state index >= 15 is 0 Å². The average molecular weight is 314 g/mol. The first-order chi connectivity index (χ1) is 11.2. The summed E-state index contributed by atoms with van der Waals surface area (Å²) in [6.45, 7) is 7.24. The monoisotopic (exact) mass is 314 g/mol. The van der Waals surface area contributed by atoms with Crippen molar-refractivity contribution in [1.82, 2.24) is 19.7 Å². The molecule has 0 unspecified atom stereocenters. The molecule has 5 heteroatoms. The maximum Gasteiger partial charge on any atom is 0.147 e. The number of methoxy groups -OCH3 is 1. The summed E-state index contributed by atoms with van der Waals surface area (Å²) < 4.78 is 7.28. The lowest BCUT2D eigenvalue weighted by atomic mass is 10.1. The van der Waals surface area contributed by atoms with Crippen molar-refractivity contribution >= 4 is 0 Å². The summed E-state index contributed by atoms with van der Waals surface area (Å²) in [6, 6.07) is 8.98. The summed E-state index contributed by atoms with van der Waals surface area (Å²) in [5.41, 5.74) is 1.37. The molecular formula is C18H26N4O. The van der Waals surface area contributed by atoms with E-state index in [0.717, 1.165) is 36.9 Å². The molecule has 1 aromatic carbocycles. The maximum absolute atomic E-state index is 5.22. The second-order valence-electron chi connectivity index (χ2n) is 6.32. The van der Waals surface area contributed by atoms with Crippen LogP contribution in [0.25, 0.3) is 0 Å². The van der Waals surface area contributed by atoms with E-state index in [4.69, 9.17) is 4.74 Å². The fraction of sp³-hybridized carbons (Fsp3) is 0.556. The zero-order valence-electron chi connectivity index (χ0n) is 14.3. The molecule has 5 nitrogen and oxygen atoms in total. The van der Waals surface area contributed by atoms with Crippen LogP contribution in [0.2, 0.25) is 0 Å². The van der Waals surface area contributed by atoms with E-state index in [2.05, 4.69) is 31.8 Å². The summed E-state index contributed by atoms with van der Waals surface area (Å²) in [4.78, 5) is 7.01. The van der Waals surface area contributed by atoms with Crippen LogP contribution < -0.4 is 4.74 Å². The van der Waals surface area contributed by atoms with E-state index in [1.807, 2.05) is 26.0 Å². The standard InChI is InChI=1S/C18H26N4O/c1-14-19-15(2)22(20-14)13-17-5-4-11-21(17)12-10-16-6-8-18(23-3)9-7-16/h6-9,17H,4-5,10-13H2,1-3H3/t17-/m1/s1. The van der Waals surface area contributed by atoms with Crippen LogP contribution in [0, 0.1) is 13.8 Å². The molecule has 0 bridgehead atoms. The molecule has 2 heterocycles. The van der Waals surface area contributed by atoms with Crippen LogP contribution in [-0.4, -0.2) is 45.9 Å². The molecule has 1 aromatic heterocycles. The van der Waals surface area contributed by atoms with Gasteiger partial charge in [0.25, 0.3) is 0 Å². The predicted octanol–water partition coefficient (Wildman–Crippen LogP) is 2.61. The Labute approximate surface area is 138 Å². The Morgan fingerprint density at radius 2 is 2.00 bits per heavy atom. The molecule has 1 aliphatic heterocycles. The van der Waals surface area contributed by atoms with Gasteiger partial charge < -0.3 is 4.74 Å². The molecule has 0 N–H and O–H groups in total. The van der Waals surface area contributed by atoms with Crippen molar-refractivity contribution in [2.24, 2.45) is 0 Å². The quantitative estimate of drug-likeness (QED) is 0.822. The SMILES string of the molecule is COc1ccc(CCN2CCC[C@@H]2Cn2nc(C)nc2C)cc1. The van der Waals surface area contributed by atoms with Gasteiger partial charge in [0, 0.05) is 12.6 Å². The highest BCUT2D eigenvalue weighted by Gasteiger charge is 2.25. The molecule has 0 radical (unpaired) electrons. The first-order valence-corrected chi connectivity index (χ1v) is 8.41. The number of benzene rings is 1. The molecule has 1 atom stereocenters. The van der Waals surface area contributed by atoms with Crippen molar-refractivity contribution in [3.05, 3.63) is 41.5 Å². The minimum Gasteiger partial charge on any atom is -0.497 e. The van der Waals surface area contributed by atoms with Gasteiger partial charge in [0.1, 0.15) is 17.4 Å². The molecule has 1 aliphatic rings. The van der Waals surface area contributed by atoms with Gasteiger partial charge in [0.15, 0.2) is 0 Å². The molecule has 3 rings (SSSR count). The number of aromatic nitrogens is 3. The summed E-state index contributed by atoms with van der Waals surface area (Å²) in [5, 5.41) is 4.51. The van der Waals surface area contributed by atoms with Crippen molar-refractivity contribution in [1.29, 1.82) is 0 Å². The molecule has 1 saturated heterocycles. The van der Waals surface area contributed by atoms with Gasteiger partial charge in [-0.1, -0.05) is 12.1 Å². The Balaban J connectivity index is 1.57. The third kappa shape index (κ3) is 3.91. The molecule has 0 saturated carbocycles. The van der Waals surface area contributed by atoms with Gasteiger partial charge in [-0.2, -0.15) is 5.10 Å². The first kappa shape index (κ1) is 16.0. The van der Waals surface area contributed by atoms with Gasteiger partial charge in [0.2, 0.25) is 0 Å². The van der Waals surface area contributed by atoms with Gasteiger partial charge in [-0.15, -0.1) is 0 Å². The fourth-order valence-electron chi connectivity index (χ4n) is 3.40. The number of hydrogen-bond acceptors (Lipinski definition) is 4. The Morgan fingerprint density at radius 3 is 2.65 bits per heavy atom. The largest absolute Gasteiger partial charge is 0.497 e. The molecule has 0 spiro atoms. The minimum atomic E-state index is 0.577. The Hall–Kier alpha value is -1.88. The lowest BCUT2D eigenvalue weighted by Crippen LogP contribution is -2.35. The van der Waals surface area contributed by atoms with Gasteiger partial charge in [-0.25, -0.2) is 9.67 Å². The Morgan fingerprint density at radius 1 is 1.22 bits per heavy atom. The van der Waals surface area contributed by atoms with Crippen LogP contribution in [0.5, 0.6) is 5.75 Å². The van der Waals surface area contributed by atoms with Crippen molar-refractivity contribution in [2.45, 2.75) is 45.7 Å². The second-order valence-corrected chi connectivity index (χ2v) is 6.32. The highest BCUT2D eigenvalue weighted by Crippen LogP contribution is 2.20. The summed E-state index contributed by atoms with van der Waals surface area (Å²) >= 11 is 0. The number of hydrogen-bond donors (Lipinski definition) is 0. The van der Waals surface area contributed by atoms with E-state index in [1.165, 1.54) is 24.9 Å². The van der Waals surface area contributed by atoms with Crippen molar-refractivity contribution in [3.8, 4) is 5.75 Å². The summed E-state index contributed by atoms with van der Waals surface area (Å²) in [7, 11) is 1.71. The molecule has 0 amide bonds. The van der Waals surface area contributed by atoms with Crippen LogP contribution in [0.3, 0.4) is 0 Å². The Kier molecular flexibility index (Phi) is 4.96. The highest BCUT2D eigenvalue weighted by molar-refractivity contribution is 5.27. The maximum atomic E-state index is 5.22. The van der Waals surface area contributed by atoms with E-state index in [0.29, 0.717) is 6.04 Å². The van der Waals surface area contributed by atoms with E-state index < -0.39 is 0 Å². The molecule has 23 heavy (non-hydrogen) atoms. The van der Waals surface area contributed by atoms with Crippen molar-refractivity contribution in [2.75, 3.05) is 20.2 Å². The smallest absolute Gasteiger partial charge is 0.147 e. The van der Waals surface area contributed by atoms with Crippen LogP contribution in [-0.2, 0) is 13.0 Å². The number of aryl methyl sites for hydroxylation is 2. The van der Waals surface area contributed by atoms with E-state index in [1.54, 1.807) is 7.11 Å². The normalized spacial score (nSPS) is 18.5. The highest BCUT2D eigenvalue weighted by atomic mass is 16.5. The van der Waals surface area contributed by atoms with Crippen molar-refractivity contribution in [3.63, 3.8) is 0 Å². The number of nitrogens with zero attached hydrogens (tertiary/aromatic N) is 4. The summed E-state index contributed by atoms with van der Waals surface area (Å²) in [5.74, 6) is 2.81. The van der Waals surface area contributed by atoms with Gasteiger partial charge in [0.05, 0.1) is 13.7 Å². The molecular weight excluding hydrogens is 288 g/mol. The topological polar surface area (TPSA) is 43.2 Å². The molecule has 124 valence electrons. The van der Waals surface area contributed by atoms with Crippen LogP contribution >= 0.6 is 0 Å². The Bertz CT molecular complexity index is 635. The van der Waals surface area contributed by atoms with Crippen LogP contribution in [0.4, 0.5) is 0 Å². The minimum absolute atomic E-state index is 0.577. The van der Waals surface area contributed by atoms with Gasteiger partial charge in [-0.3, -0.25) is 4.90 Å². The third-order valence-electron chi connectivity index (χ3n) is 4.69. The lowest BCUT2D eigenvalue weighted by Gasteiger charge is -2.24. The summed E-state index contributed by atoms with van der Waals surface area (Å²) in [6.07, 6.45) is 3.61. The number of ether oxygens (including phenoxy) is 1. The van der Waals surface area contributed by atoms with E-state index in [9.17, 15) is 0 Å². The molecule has 2 aromatic rings. The second kappa shape index (κ2) is 7.13. The van der Waals surface area contributed by atoms with Gasteiger partial charge in [-0.05, 0) is 57.4 Å². The van der Waals surface area contributed by atoms with Crippen LogP contribution in [0.15, 0.2) is 24.3 Å². The predicted molar refractivity (Wildman–Crippen MR) is 90.8 cm³/mol. The lowest BCUT2D eigenvalue weighted by molar-refractivity contribution is 0.228. The van der Waals surface area contributed by atoms with Crippen LogP contribution in [0.1, 0.15) is 30.1 Å². The van der Waals surface area contributed by atoms with E-state index in [-0.39, 0.29) is 0 Å². The fourth-order valence-corrected chi connectivity index (χ4v) is 3.40. The zero-order chi connectivity index (χ0) is 16.2. The molecule has 0 aliphatic carbocycles. The average Bonchev–Trinajstić information content (AvgIpc) is 3.12. The number of likely N-dealkylation sites (tertiary alicyclic amines) is 1. The first-order valence-electron chi connectivity index (χ1n) is 8.41. The van der Waals surface area contributed by atoms with Crippen molar-refractivity contribution < 1.29 is 4.74 Å².